The van der Waals surface area contributed by atoms with Gasteiger partial charge in [-0.25, -0.2) is 4.39 Å². The monoisotopic (exact) mass is 311 g/mol. The third-order valence-corrected chi connectivity index (χ3v) is 3.33. The third kappa shape index (κ3) is 2.61. The molecule has 2 rings (SSSR count). The molecule has 0 aliphatic carbocycles. The number of hydrogen-bond donors (Lipinski definition) is 0. The minimum atomic E-state index is -0.447. The number of benzene rings is 1. The molecule has 5 heteroatoms. The van der Waals surface area contributed by atoms with Gasteiger partial charge in [0, 0.05) is 19.2 Å². The van der Waals surface area contributed by atoms with E-state index in [-0.39, 0.29) is 10.4 Å². The summed E-state index contributed by atoms with van der Waals surface area (Å²) in [6, 6.07) is 6.18. The largest absolute Gasteiger partial charge is 0.472 e. The maximum Gasteiger partial charge on any atom is 0.255 e. The molecule has 0 aliphatic rings. The SMILES string of the molecule is CN(Cc1ccoc1)C(=O)c1cccc(F)c1Br. The van der Waals surface area contributed by atoms with Crippen molar-refractivity contribution in [3.63, 3.8) is 0 Å². The van der Waals surface area contributed by atoms with Crippen LogP contribution in [0.15, 0.2) is 45.7 Å². The second kappa shape index (κ2) is 5.35. The van der Waals surface area contributed by atoms with Crippen molar-refractivity contribution < 1.29 is 13.6 Å². The number of amides is 1. The summed E-state index contributed by atoms with van der Waals surface area (Å²) in [6.45, 7) is 0.415. The lowest BCUT2D eigenvalue weighted by molar-refractivity contribution is 0.0783. The van der Waals surface area contributed by atoms with Crippen molar-refractivity contribution in [1.29, 1.82) is 0 Å². The van der Waals surface area contributed by atoms with Crippen LogP contribution in [0, 0.1) is 5.82 Å². The van der Waals surface area contributed by atoms with E-state index >= 15 is 0 Å². The minimum Gasteiger partial charge on any atom is -0.472 e. The van der Waals surface area contributed by atoms with E-state index in [9.17, 15) is 9.18 Å². The molecule has 94 valence electrons. The van der Waals surface area contributed by atoms with Crippen LogP contribution in [0.5, 0.6) is 0 Å². The second-order valence-corrected chi connectivity index (χ2v) is 4.69. The lowest BCUT2D eigenvalue weighted by atomic mass is 10.2. The lowest BCUT2D eigenvalue weighted by Crippen LogP contribution is -2.26. The Morgan fingerprint density at radius 1 is 1.44 bits per heavy atom. The van der Waals surface area contributed by atoms with Crippen molar-refractivity contribution in [2.45, 2.75) is 6.54 Å². The first kappa shape index (κ1) is 12.8. The number of carbonyl (C=O) groups is 1. The fourth-order valence-corrected chi connectivity index (χ4v) is 2.04. The predicted molar refractivity (Wildman–Crippen MR) is 68.6 cm³/mol. The van der Waals surface area contributed by atoms with Crippen LogP contribution in [-0.2, 0) is 6.54 Å². The van der Waals surface area contributed by atoms with Crippen LogP contribution < -0.4 is 0 Å². The smallest absolute Gasteiger partial charge is 0.255 e. The number of halogens is 2. The van der Waals surface area contributed by atoms with Gasteiger partial charge in [0.1, 0.15) is 5.82 Å². The molecule has 0 unspecified atom stereocenters. The summed E-state index contributed by atoms with van der Waals surface area (Å²) in [6.07, 6.45) is 3.12. The Bertz CT molecular complexity index is 554. The van der Waals surface area contributed by atoms with Gasteiger partial charge in [-0.3, -0.25) is 4.79 Å². The molecule has 18 heavy (non-hydrogen) atoms. The molecule has 0 N–H and O–H groups in total. The van der Waals surface area contributed by atoms with Gasteiger partial charge in [-0.2, -0.15) is 0 Å². The Morgan fingerprint density at radius 3 is 2.89 bits per heavy atom. The van der Waals surface area contributed by atoms with Gasteiger partial charge in [0.2, 0.25) is 0 Å². The van der Waals surface area contributed by atoms with Gasteiger partial charge in [-0.05, 0) is 34.1 Å². The molecule has 0 saturated carbocycles. The van der Waals surface area contributed by atoms with Crippen molar-refractivity contribution in [3.8, 4) is 0 Å². The van der Waals surface area contributed by atoms with Gasteiger partial charge in [0.05, 0.1) is 22.6 Å². The maximum absolute atomic E-state index is 13.3. The molecule has 0 fully saturated rings. The summed E-state index contributed by atoms with van der Waals surface area (Å²) in [7, 11) is 1.66. The zero-order valence-corrected chi connectivity index (χ0v) is 11.3. The van der Waals surface area contributed by atoms with Gasteiger partial charge in [-0.1, -0.05) is 6.07 Å². The average Bonchev–Trinajstić information content (AvgIpc) is 2.84. The fourth-order valence-electron chi connectivity index (χ4n) is 1.60. The van der Waals surface area contributed by atoms with Crippen LogP contribution in [0.25, 0.3) is 0 Å². The summed E-state index contributed by atoms with van der Waals surface area (Å²) in [5.74, 6) is -0.694. The minimum absolute atomic E-state index is 0.189. The van der Waals surface area contributed by atoms with Gasteiger partial charge in [-0.15, -0.1) is 0 Å². The molecule has 0 saturated heterocycles. The van der Waals surface area contributed by atoms with Crippen LogP contribution in [0.2, 0.25) is 0 Å². The number of nitrogens with zero attached hydrogens (tertiary/aromatic N) is 1. The third-order valence-electron chi connectivity index (χ3n) is 2.53. The molecule has 3 nitrogen and oxygen atoms in total. The first-order chi connectivity index (χ1) is 8.59. The van der Waals surface area contributed by atoms with Crippen LogP contribution >= 0.6 is 15.9 Å². The summed E-state index contributed by atoms with van der Waals surface area (Å²) in [4.78, 5) is 13.6. The molecule has 0 aliphatic heterocycles. The topological polar surface area (TPSA) is 33.5 Å². The summed E-state index contributed by atoms with van der Waals surface area (Å²) in [5.41, 5.74) is 1.19. The quantitative estimate of drug-likeness (QED) is 0.870. The van der Waals surface area contributed by atoms with Crippen molar-refractivity contribution in [2.24, 2.45) is 0 Å². The Balaban J connectivity index is 2.18. The van der Waals surface area contributed by atoms with Crippen molar-refractivity contribution in [3.05, 3.63) is 58.2 Å². The molecule has 0 bridgehead atoms. The number of furan rings is 1. The highest BCUT2D eigenvalue weighted by atomic mass is 79.9. The summed E-state index contributed by atoms with van der Waals surface area (Å²) >= 11 is 3.09. The Labute approximate surface area is 112 Å². The van der Waals surface area contributed by atoms with Crippen LogP contribution in [-0.4, -0.2) is 17.9 Å². The van der Waals surface area contributed by atoms with Crippen LogP contribution in [0.1, 0.15) is 15.9 Å². The van der Waals surface area contributed by atoms with E-state index in [4.69, 9.17) is 4.42 Å². The second-order valence-electron chi connectivity index (χ2n) is 3.89. The first-order valence-electron chi connectivity index (χ1n) is 5.30. The molecule has 1 heterocycles. The zero-order chi connectivity index (χ0) is 13.1. The van der Waals surface area contributed by atoms with Crippen LogP contribution in [0.3, 0.4) is 0 Å². The highest BCUT2D eigenvalue weighted by Crippen LogP contribution is 2.22. The molecule has 1 aromatic heterocycles. The summed E-state index contributed by atoms with van der Waals surface area (Å²) in [5, 5.41) is 0. The van der Waals surface area contributed by atoms with E-state index in [0.29, 0.717) is 12.1 Å². The van der Waals surface area contributed by atoms with E-state index in [0.717, 1.165) is 5.56 Å². The van der Waals surface area contributed by atoms with Gasteiger partial charge in [0.15, 0.2) is 0 Å². The van der Waals surface area contributed by atoms with Gasteiger partial charge in [0.25, 0.3) is 5.91 Å². The van der Waals surface area contributed by atoms with E-state index in [1.54, 1.807) is 31.7 Å². The number of rotatable bonds is 3. The van der Waals surface area contributed by atoms with Crippen molar-refractivity contribution in [2.75, 3.05) is 7.05 Å². The predicted octanol–water partition coefficient (Wildman–Crippen LogP) is 3.45. The zero-order valence-electron chi connectivity index (χ0n) is 9.69. The Hall–Kier alpha value is -1.62. The Kier molecular flexibility index (Phi) is 3.81. The summed E-state index contributed by atoms with van der Waals surface area (Å²) < 4.78 is 18.5. The number of carbonyl (C=O) groups excluding carboxylic acids is 1. The standard InChI is InChI=1S/C13H11BrFNO2/c1-16(7-9-5-6-18-8-9)13(17)10-3-2-4-11(15)12(10)14/h2-6,8H,7H2,1H3. The highest BCUT2D eigenvalue weighted by molar-refractivity contribution is 9.10. The fraction of sp³-hybridized carbons (Fsp3) is 0.154. The van der Waals surface area contributed by atoms with E-state index in [2.05, 4.69) is 15.9 Å². The van der Waals surface area contributed by atoms with Gasteiger partial charge >= 0.3 is 0 Å². The van der Waals surface area contributed by atoms with Crippen molar-refractivity contribution in [1.82, 2.24) is 4.90 Å². The highest BCUT2D eigenvalue weighted by Gasteiger charge is 2.17. The number of hydrogen-bond acceptors (Lipinski definition) is 2. The molecule has 1 amide bonds. The molecular formula is C13H11BrFNO2. The molecular weight excluding hydrogens is 301 g/mol. The molecule has 1 aromatic carbocycles. The first-order valence-corrected chi connectivity index (χ1v) is 6.09. The lowest BCUT2D eigenvalue weighted by Gasteiger charge is -2.17. The van der Waals surface area contributed by atoms with E-state index < -0.39 is 5.82 Å². The maximum atomic E-state index is 13.3. The average molecular weight is 312 g/mol. The molecule has 2 aromatic rings. The molecule has 0 atom stereocenters. The van der Waals surface area contributed by atoms with E-state index in [1.165, 1.54) is 17.0 Å². The van der Waals surface area contributed by atoms with Crippen molar-refractivity contribution >= 4 is 21.8 Å². The van der Waals surface area contributed by atoms with Gasteiger partial charge < -0.3 is 9.32 Å². The molecule has 0 spiro atoms. The van der Waals surface area contributed by atoms with Crippen LogP contribution in [0.4, 0.5) is 4.39 Å². The Morgan fingerprint density at radius 2 is 2.22 bits per heavy atom. The molecule has 0 radical (unpaired) electrons. The van der Waals surface area contributed by atoms with E-state index in [1.807, 2.05) is 0 Å². The normalized spacial score (nSPS) is 10.4.